The van der Waals surface area contributed by atoms with Crippen LogP contribution < -0.4 is 9.80 Å². The van der Waals surface area contributed by atoms with Crippen LogP contribution in [0.2, 0.25) is 10.0 Å². The standard InChI is InChI=1S/C11H14Cl2N2O2/c12-8-5-10-11(6-9(8)13)15(2-4-17)7-14(10)1-3-16/h5-6,16-17H,1-4,7H2. The number of aliphatic hydroxyl groups excluding tert-OH is 2. The molecule has 1 aromatic carbocycles. The summed E-state index contributed by atoms with van der Waals surface area (Å²) in [7, 11) is 0. The Bertz CT molecular complexity index is 378. The Morgan fingerprint density at radius 2 is 1.35 bits per heavy atom. The van der Waals surface area contributed by atoms with Crippen LogP contribution in [0.15, 0.2) is 12.1 Å². The van der Waals surface area contributed by atoms with E-state index in [2.05, 4.69) is 0 Å². The molecule has 0 aromatic heterocycles. The van der Waals surface area contributed by atoms with E-state index in [1.54, 1.807) is 12.1 Å². The van der Waals surface area contributed by atoms with Gasteiger partial charge in [-0.15, -0.1) is 0 Å². The molecular weight excluding hydrogens is 263 g/mol. The number of benzene rings is 1. The molecule has 0 saturated heterocycles. The van der Waals surface area contributed by atoms with Gasteiger partial charge in [-0.25, -0.2) is 0 Å². The molecule has 0 unspecified atom stereocenters. The first-order valence-corrected chi connectivity index (χ1v) is 6.13. The molecule has 4 nitrogen and oxygen atoms in total. The van der Waals surface area contributed by atoms with E-state index in [0.29, 0.717) is 29.8 Å². The second-order valence-corrected chi connectivity index (χ2v) is 4.68. The van der Waals surface area contributed by atoms with Gasteiger partial charge in [0.05, 0.1) is 41.3 Å². The van der Waals surface area contributed by atoms with Gasteiger partial charge in [0.1, 0.15) is 0 Å². The summed E-state index contributed by atoms with van der Waals surface area (Å²) < 4.78 is 0. The molecule has 6 heteroatoms. The van der Waals surface area contributed by atoms with Crippen LogP contribution in [0.5, 0.6) is 0 Å². The van der Waals surface area contributed by atoms with E-state index in [4.69, 9.17) is 33.4 Å². The van der Waals surface area contributed by atoms with Crippen molar-refractivity contribution in [2.75, 3.05) is 42.8 Å². The third kappa shape index (κ3) is 2.45. The van der Waals surface area contributed by atoms with Crippen molar-refractivity contribution >= 4 is 34.6 Å². The first kappa shape index (κ1) is 12.8. The average Bonchev–Trinajstić information content (AvgIpc) is 2.60. The lowest BCUT2D eigenvalue weighted by Gasteiger charge is -2.20. The molecule has 0 amide bonds. The minimum absolute atomic E-state index is 0.0760. The molecular formula is C11H14Cl2N2O2. The molecule has 0 aliphatic carbocycles. The lowest BCUT2D eigenvalue weighted by Crippen LogP contribution is -2.34. The summed E-state index contributed by atoms with van der Waals surface area (Å²) in [6, 6.07) is 3.60. The normalized spacial score (nSPS) is 14.4. The molecule has 0 saturated carbocycles. The number of β-amino-alcohol motifs (C(OH)–C–C–N with tert-alkyl or cyclic N) is 2. The Kier molecular flexibility index (Phi) is 3.99. The minimum atomic E-state index is 0.0760. The van der Waals surface area contributed by atoms with Crippen molar-refractivity contribution < 1.29 is 10.2 Å². The highest BCUT2D eigenvalue weighted by Crippen LogP contribution is 2.40. The Morgan fingerprint density at radius 1 is 0.941 bits per heavy atom. The summed E-state index contributed by atoms with van der Waals surface area (Å²) >= 11 is 12.0. The zero-order valence-corrected chi connectivity index (χ0v) is 10.7. The van der Waals surface area contributed by atoms with Crippen molar-refractivity contribution in [1.29, 1.82) is 0 Å². The van der Waals surface area contributed by atoms with Crippen LogP contribution in [0.3, 0.4) is 0 Å². The van der Waals surface area contributed by atoms with Crippen LogP contribution in [-0.4, -0.2) is 43.2 Å². The van der Waals surface area contributed by atoms with Gasteiger partial charge < -0.3 is 20.0 Å². The van der Waals surface area contributed by atoms with Crippen LogP contribution in [0, 0.1) is 0 Å². The summed E-state index contributed by atoms with van der Waals surface area (Å²) in [6.07, 6.45) is 0. The van der Waals surface area contributed by atoms with Crippen molar-refractivity contribution in [3.8, 4) is 0 Å². The first-order chi connectivity index (χ1) is 8.17. The highest BCUT2D eigenvalue weighted by atomic mass is 35.5. The van der Waals surface area contributed by atoms with Crippen molar-refractivity contribution in [2.24, 2.45) is 0 Å². The lowest BCUT2D eigenvalue weighted by atomic mass is 10.2. The quantitative estimate of drug-likeness (QED) is 0.877. The second kappa shape index (κ2) is 5.31. The van der Waals surface area contributed by atoms with Crippen molar-refractivity contribution in [3.63, 3.8) is 0 Å². The van der Waals surface area contributed by atoms with Crippen molar-refractivity contribution in [2.45, 2.75) is 0 Å². The summed E-state index contributed by atoms with van der Waals surface area (Å²) in [5, 5.41) is 19.0. The van der Waals surface area contributed by atoms with E-state index >= 15 is 0 Å². The smallest absolute Gasteiger partial charge is 0.0906 e. The molecule has 0 fully saturated rings. The predicted molar refractivity (Wildman–Crippen MR) is 70.2 cm³/mol. The van der Waals surface area contributed by atoms with Gasteiger partial charge in [-0.05, 0) is 12.1 Å². The number of halogens is 2. The molecule has 17 heavy (non-hydrogen) atoms. The second-order valence-electron chi connectivity index (χ2n) is 3.87. The minimum Gasteiger partial charge on any atom is -0.395 e. The van der Waals surface area contributed by atoms with Crippen LogP contribution >= 0.6 is 23.2 Å². The molecule has 0 bridgehead atoms. The molecule has 0 atom stereocenters. The van der Waals surface area contributed by atoms with Gasteiger partial charge in [-0.2, -0.15) is 0 Å². The summed E-state index contributed by atoms with van der Waals surface area (Å²) in [6.45, 7) is 1.85. The number of hydrogen-bond acceptors (Lipinski definition) is 4. The summed E-state index contributed by atoms with van der Waals surface area (Å²) in [4.78, 5) is 4.01. The monoisotopic (exact) mass is 276 g/mol. The van der Waals surface area contributed by atoms with Gasteiger partial charge in [0.15, 0.2) is 0 Å². The lowest BCUT2D eigenvalue weighted by molar-refractivity contribution is 0.297. The molecule has 1 aliphatic heterocycles. The Balaban J connectivity index is 2.36. The number of rotatable bonds is 4. The fraction of sp³-hybridized carbons (Fsp3) is 0.455. The average molecular weight is 277 g/mol. The number of hydrogen-bond donors (Lipinski definition) is 2. The fourth-order valence-corrected chi connectivity index (χ4v) is 2.33. The van der Waals surface area contributed by atoms with Crippen LogP contribution in [0.4, 0.5) is 11.4 Å². The highest BCUT2D eigenvalue weighted by Gasteiger charge is 2.26. The van der Waals surface area contributed by atoms with Gasteiger partial charge in [0.25, 0.3) is 0 Å². The van der Waals surface area contributed by atoms with Gasteiger partial charge >= 0.3 is 0 Å². The molecule has 1 aromatic rings. The molecule has 2 N–H and O–H groups in total. The van der Waals surface area contributed by atoms with Gasteiger partial charge in [-0.3, -0.25) is 0 Å². The summed E-state index contributed by atoms with van der Waals surface area (Å²) in [5.74, 6) is 0. The Labute approximate surface area is 110 Å². The number of aliphatic hydroxyl groups is 2. The van der Waals surface area contributed by atoms with Gasteiger partial charge in [0.2, 0.25) is 0 Å². The molecule has 2 rings (SSSR count). The number of fused-ring (bicyclic) bond motifs is 1. The highest BCUT2D eigenvalue weighted by molar-refractivity contribution is 6.42. The predicted octanol–water partition coefficient (Wildman–Crippen LogP) is 1.56. The Hall–Kier alpha value is -0.680. The largest absolute Gasteiger partial charge is 0.395 e. The maximum Gasteiger partial charge on any atom is 0.0906 e. The molecule has 94 valence electrons. The number of nitrogens with zero attached hydrogens (tertiary/aromatic N) is 2. The molecule has 1 aliphatic rings. The zero-order valence-electron chi connectivity index (χ0n) is 9.24. The third-order valence-corrected chi connectivity index (χ3v) is 3.50. The van der Waals surface area contributed by atoms with Crippen molar-refractivity contribution in [3.05, 3.63) is 22.2 Å². The maximum absolute atomic E-state index is 9.02. The summed E-state index contributed by atoms with van der Waals surface area (Å²) in [5.41, 5.74) is 1.89. The van der Waals surface area contributed by atoms with E-state index in [1.807, 2.05) is 9.80 Å². The zero-order chi connectivity index (χ0) is 12.4. The van der Waals surface area contributed by atoms with E-state index < -0.39 is 0 Å². The van der Waals surface area contributed by atoms with Crippen LogP contribution in [0.25, 0.3) is 0 Å². The van der Waals surface area contributed by atoms with Crippen LogP contribution in [0.1, 0.15) is 0 Å². The van der Waals surface area contributed by atoms with E-state index in [0.717, 1.165) is 11.4 Å². The van der Waals surface area contributed by atoms with Crippen LogP contribution in [-0.2, 0) is 0 Å². The third-order valence-electron chi connectivity index (χ3n) is 2.78. The SMILES string of the molecule is OCCN1CN(CCO)c2cc(Cl)c(Cl)cc21. The van der Waals surface area contributed by atoms with E-state index in [1.165, 1.54) is 0 Å². The van der Waals surface area contributed by atoms with Gasteiger partial charge in [-0.1, -0.05) is 23.2 Å². The topological polar surface area (TPSA) is 46.9 Å². The van der Waals surface area contributed by atoms with E-state index in [9.17, 15) is 0 Å². The first-order valence-electron chi connectivity index (χ1n) is 5.38. The maximum atomic E-state index is 9.02. The van der Waals surface area contributed by atoms with Crippen molar-refractivity contribution in [1.82, 2.24) is 0 Å². The number of anilines is 2. The fourth-order valence-electron chi connectivity index (χ4n) is 2.01. The molecule has 0 spiro atoms. The Morgan fingerprint density at radius 3 is 1.71 bits per heavy atom. The van der Waals surface area contributed by atoms with E-state index in [-0.39, 0.29) is 13.2 Å². The molecule has 1 heterocycles. The molecule has 0 radical (unpaired) electrons. The van der Waals surface area contributed by atoms with Gasteiger partial charge in [0, 0.05) is 13.1 Å².